The number of carbonyl (C=O) groups excluding carboxylic acids is 2. The van der Waals surface area contributed by atoms with Crippen molar-refractivity contribution in [1.82, 2.24) is 0 Å². The Hall–Kier alpha value is -1.66. The summed E-state index contributed by atoms with van der Waals surface area (Å²) in [6.07, 6.45) is 5.88. The number of hydrogen-bond acceptors (Lipinski definition) is 3. The van der Waals surface area contributed by atoms with Crippen molar-refractivity contribution >= 4 is 11.6 Å². The molecule has 0 aromatic rings. The van der Waals surface area contributed by atoms with E-state index in [9.17, 15) is 9.59 Å². The minimum absolute atomic E-state index is 0.00998. The summed E-state index contributed by atoms with van der Waals surface area (Å²) < 4.78 is 0. The fraction of sp³-hybridized carbons (Fsp3) is 0.579. The molecule has 1 aliphatic carbocycles. The van der Waals surface area contributed by atoms with Gasteiger partial charge in [-0.2, -0.15) is 0 Å². The predicted molar refractivity (Wildman–Crippen MR) is 88.3 cm³/mol. The normalized spacial score (nSPS) is 15.3. The molecule has 0 aromatic heterocycles. The molecule has 0 saturated carbocycles. The maximum absolute atomic E-state index is 12.2. The number of aliphatic hydroxyl groups excluding tert-OH is 1. The summed E-state index contributed by atoms with van der Waals surface area (Å²) in [6.45, 7) is 5.45. The van der Waals surface area contributed by atoms with Gasteiger partial charge in [0.1, 0.15) is 0 Å². The van der Waals surface area contributed by atoms with E-state index in [0.29, 0.717) is 28.7 Å². The molecule has 1 aliphatic rings. The van der Waals surface area contributed by atoms with Crippen molar-refractivity contribution in [2.75, 3.05) is 6.61 Å². The maximum atomic E-state index is 12.2. The van der Waals surface area contributed by atoms with Crippen molar-refractivity contribution in [3.05, 3.63) is 22.3 Å². The number of Topliss-reactive ketones (excluding diaryl/α,β-unsaturated/α-hetero) is 2. The summed E-state index contributed by atoms with van der Waals surface area (Å²) in [7, 11) is 0. The van der Waals surface area contributed by atoms with Crippen molar-refractivity contribution in [1.29, 1.82) is 0 Å². The third-order valence-electron chi connectivity index (χ3n) is 4.12. The second-order valence-electron chi connectivity index (χ2n) is 5.75. The average molecular weight is 302 g/mol. The summed E-state index contributed by atoms with van der Waals surface area (Å²) in [6, 6.07) is 0. The van der Waals surface area contributed by atoms with Crippen LogP contribution < -0.4 is 0 Å². The van der Waals surface area contributed by atoms with Gasteiger partial charge < -0.3 is 5.11 Å². The summed E-state index contributed by atoms with van der Waals surface area (Å²) in [5.74, 6) is 6.26. The summed E-state index contributed by atoms with van der Waals surface area (Å²) in [5.41, 5.74) is 2.47. The first kappa shape index (κ1) is 18.4. The molecule has 1 N–H and O–H groups in total. The molecule has 0 spiro atoms. The van der Waals surface area contributed by atoms with Gasteiger partial charge in [-0.25, -0.2) is 0 Å². The quantitative estimate of drug-likeness (QED) is 0.445. The van der Waals surface area contributed by atoms with E-state index in [1.165, 1.54) is 0 Å². The number of unbranched alkanes of at least 4 members (excludes halogenated alkanes) is 4. The van der Waals surface area contributed by atoms with Gasteiger partial charge in [0.2, 0.25) is 0 Å². The highest BCUT2D eigenvalue weighted by molar-refractivity contribution is 6.24. The molecule has 0 amide bonds. The Morgan fingerprint density at radius 2 is 1.32 bits per heavy atom. The number of hydrogen-bond donors (Lipinski definition) is 1. The van der Waals surface area contributed by atoms with Gasteiger partial charge in [0, 0.05) is 41.7 Å². The first-order valence-electron chi connectivity index (χ1n) is 8.04. The Bertz CT molecular complexity index is 553. The third kappa shape index (κ3) is 4.96. The van der Waals surface area contributed by atoms with Crippen LogP contribution in [0.25, 0.3) is 0 Å². The van der Waals surface area contributed by atoms with Gasteiger partial charge in [0.15, 0.2) is 11.6 Å². The minimum atomic E-state index is 0.00998. The zero-order valence-electron chi connectivity index (χ0n) is 13.9. The van der Waals surface area contributed by atoms with Gasteiger partial charge in [-0.15, -0.1) is 11.8 Å². The molecule has 0 fully saturated rings. The van der Waals surface area contributed by atoms with Crippen LogP contribution in [0.3, 0.4) is 0 Å². The summed E-state index contributed by atoms with van der Waals surface area (Å²) >= 11 is 0. The van der Waals surface area contributed by atoms with Crippen LogP contribution in [0.4, 0.5) is 0 Å². The predicted octanol–water partition coefficient (Wildman–Crippen LogP) is 3.52. The van der Waals surface area contributed by atoms with Crippen LogP contribution in [-0.2, 0) is 9.59 Å². The van der Waals surface area contributed by atoms with E-state index in [1.807, 2.05) is 0 Å². The Labute approximate surface area is 133 Å². The first-order valence-corrected chi connectivity index (χ1v) is 8.04. The average Bonchev–Trinajstić information content (AvgIpc) is 2.52. The number of rotatable bonds is 7. The highest BCUT2D eigenvalue weighted by atomic mass is 16.2. The van der Waals surface area contributed by atoms with Crippen LogP contribution in [0.15, 0.2) is 22.3 Å². The zero-order valence-corrected chi connectivity index (χ0v) is 13.9. The third-order valence-corrected chi connectivity index (χ3v) is 4.12. The molecular formula is C19H26O3. The van der Waals surface area contributed by atoms with Crippen LogP contribution in [0, 0.1) is 11.8 Å². The molecule has 0 atom stereocenters. The van der Waals surface area contributed by atoms with Crippen LogP contribution in [0.1, 0.15) is 65.7 Å². The van der Waals surface area contributed by atoms with Crippen LogP contribution in [-0.4, -0.2) is 23.3 Å². The Morgan fingerprint density at radius 1 is 0.773 bits per heavy atom. The molecule has 3 heteroatoms. The van der Waals surface area contributed by atoms with E-state index in [0.717, 1.165) is 38.5 Å². The van der Waals surface area contributed by atoms with E-state index >= 15 is 0 Å². The van der Waals surface area contributed by atoms with E-state index in [1.54, 1.807) is 20.8 Å². The maximum Gasteiger partial charge on any atom is 0.185 e. The standard InChI is InChI=1S/C19H26O3/c1-14-15(2)19(22)17(16(3)18(14)21)12-10-8-6-4-5-7-9-11-13-20/h20H,6-13H2,1-3H3. The van der Waals surface area contributed by atoms with Gasteiger partial charge >= 0.3 is 0 Å². The molecule has 0 aromatic carbocycles. The van der Waals surface area contributed by atoms with Gasteiger partial charge in [-0.05, 0) is 52.9 Å². The molecule has 120 valence electrons. The molecule has 0 heterocycles. The van der Waals surface area contributed by atoms with Gasteiger partial charge in [0.05, 0.1) is 0 Å². The lowest BCUT2D eigenvalue weighted by Gasteiger charge is -2.18. The van der Waals surface area contributed by atoms with Gasteiger partial charge in [-0.1, -0.05) is 0 Å². The van der Waals surface area contributed by atoms with Crippen molar-refractivity contribution < 1.29 is 14.7 Å². The SMILES string of the molecule is CC1=C(C)C(=O)C(CCCCC#CCCCCO)=C(C)C1=O. The first-order chi connectivity index (χ1) is 10.5. The van der Waals surface area contributed by atoms with E-state index in [4.69, 9.17) is 5.11 Å². The van der Waals surface area contributed by atoms with Gasteiger partial charge in [-0.3, -0.25) is 9.59 Å². The van der Waals surface area contributed by atoms with Crippen LogP contribution in [0.2, 0.25) is 0 Å². The van der Waals surface area contributed by atoms with Crippen molar-refractivity contribution in [2.24, 2.45) is 0 Å². The number of ketones is 2. The molecule has 22 heavy (non-hydrogen) atoms. The second-order valence-corrected chi connectivity index (χ2v) is 5.75. The largest absolute Gasteiger partial charge is 0.396 e. The molecule has 0 saturated heterocycles. The molecule has 0 radical (unpaired) electrons. The molecule has 0 aliphatic heterocycles. The highest BCUT2D eigenvalue weighted by Gasteiger charge is 2.26. The monoisotopic (exact) mass is 302 g/mol. The molecular weight excluding hydrogens is 276 g/mol. The van der Waals surface area contributed by atoms with Gasteiger partial charge in [0.25, 0.3) is 0 Å². The minimum Gasteiger partial charge on any atom is -0.396 e. The fourth-order valence-electron chi connectivity index (χ4n) is 2.47. The highest BCUT2D eigenvalue weighted by Crippen LogP contribution is 2.27. The van der Waals surface area contributed by atoms with Crippen molar-refractivity contribution in [2.45, 2.75) is 65.7 Å². The Kier molecular flexibility index (Phi) is 7.84. The lowest BCUT2D eigenvalue weighted by molar-refractivity contribution is -0.116. The van der Waals surface area contributed by atoms with Crippen LogP contribution >= 0.6 is 0 Å². The van der Waals surface area contributed by atoms with E-state index < -0.39 is 0 Å². The lowest BCUT2D eigenvalue weighted by atomic mass is 9.84. The van der Waals surface area contributed by atoms with E-state index in [2.05, 4.69) is 11.8 Å². The Balaban J connectivity index is 2.39. The Morgan fingerprint density at radius 3 is 1.91 bits per heavy atom. The summed E-state index contributed by atoms with van der Waals surface area (Å²) in [5, 5.41) is 8.65. The molecule has 0 bridgehead atoms. The van der Waals surface area contributed by atoms with Crippen molar-refractivity contribution in [3.8, 4) is 11.8 Å². The summed E-state index contributed by atoms with van der Waals surface area (Å²) in [4.78, 5) is 24.3. The van der Waals surface area contributed by atoms with Crippen molar-refractivity contribution in [3.63, 3.8) is 0 Å². The number of aliphatic hydroxyl groups is 1. The van der Waals surface area contributed by atoms with E-state index in [-0.39, 0.29) is 18.2 Å². The molecule has 3 nitrogen and oxygen atoms in total. The van der Waals surface area contributed by atoms with Crippen LogP contribution in [0.5, 0.6) is 0 Å². The number of allylic oxidation sites excluding steroid dienone is 4. The number of carbonyl (C=O) groups is 2. The lowest BCUT2D eigenvalue weighted by Crippen LogP contribution is -2.20. The fourth-order valence-corrected chi connectivity index (χ4v) is 2.47. The second kappa shape index (κ2) is 9.38. The smallest absolute Gasteiger partial charge is 0.185 e. The topological polar surface area (TPSA) is 54.4 Å². The molecule has 1 rings (SSSR count). The zero-order chi connectivity index (χ0) is 16.5. The molecule has 0 unspecified atom stereocenters.